The number of fused-ring (bicyclic) bond motifs is 1. The van der Waals surface area contributed by atoms with Crippen molar-refractivity contribution >= 4 is 12.4 Å². The zero-order valence-corrected chi connectivity index (χ0v) is 24.7. The molecule has 0 heterocycles. The van der Waals surface area contributed by atoms with Gasteiger partial charge >= 0.3 is 0 Å². The summed E-state index contributed by atoms with van der Waals surface area (Å²) < 4.78 is 4.55. The van der Waals surface area contributed by atoms with Gasteiger partial charge in [-0.25, -0.2) is 0 Å². The van der Waals surface area contributed by atoms with E-state index in [0.717, 1.165) is 30.9 Å². The van der Waals surface area contributed by atoms with Crippen molar-refractivity contribution in [3.63, 3.8) is 0 Å². The van der Waals surface area contributed by atoms with Crippen LogP contribution in [0.5, 0.6) is 0 Å². The van der Waals surface area contributed by atoms with Gasteiger partial charge in [0.25, 0.3) is 6.47 Å². The van der Waals surface area contributed by atoms with Crippen molar-refractivity contribution in [2.45, 2.75) is 92.2 Å². The number of rotatable bonds is 10. The molecule has 2 aromatic carbocycles. The van der Waals surface area contributed by atoms with Gasteiger partial charge in [0, 0.05) is 12.6 Å². The molecule has 2 aromatic rings. The van der Waals surface area contributed by atoms with E-state index in [-0.39, 0.29) is 17.6 Å². The lowest BCUT2D eigenvalue weighted by molar-refractivity contribution is -0.138. The summed E-state index contributed by atoms with van der Waals surface area (Å²) in [5, 5.41) is 6.29. The molecule has 0 fully saturated rings. The number of carbonyl (C=O) groups excluding carboxylic acids is 2. The van der Waals surface area contributed by atoms with Crippen LogP contribution in [-0.2, 0) is 33.6 Å². The minimum Gasteiger partial charge on any atom is -0.462 e. The summed E-state index contributed by atoms with van der Waals surface area (Å²) in [4.78, 5) is 21.8. The van der Waals surface area contributed by atoms with Gasteiger partial charge in [-0.05, 0) is 82.2 Å². The number of amides is 1. The van der Waals surface area contributed by atoms with E-state index < -0.39 is 0 Å². The lowest BCUT2D eigenvalue weighted by atomic mass is 9.97. The van der Waals surface area contributed by atoms with Crippen LogP contribution in [0.1, 0.15) is 76.6 Å². The summed E-state index contributed by atoms with van der Waals surface area (Å²) >= 11 is 0. The van der Waals surface area contributed by atoms with Crippen molar-refractivity contribution in [3.8, 4) is 0 Å². The van der Waals surface area contributed by atoms with Crippen molar-refractivity contribution in [3.05, 3.63) is 83.6 Å². The molecule has 1 atom stereocenters. The van der Waals surface area contributed by atoms with Crippen molar-refractivity contribution < 1.29 is 14.3 Å². The first-order valence-electron chi connectivity index (χ1n) is 13.9. The average molecular weight is 523 g/mol. The molecule has 0 radical (unpaired) electrons. The van der Waals surface area contributed by atoms with E-state index >= 15 is 0 Å². The summed E-state index contributed by atoms with van der Waals surface area (Å²) in [6, 6.07) is 17.0. The Morgan fingerprint density at radius 2 is 1.61 bits per heavy atom. The number of benzene rings is 2. The molecule has 5 nitrogen and oxygen atoms in total. The maximum Gasteiger partial charge on any atom is 0.293 e. The average Bonchev–Trinajstić information content (AvgIpc) is 3.31. The third-order valence-corrected chi connectivity index (χ3v) is 6.77. The summed E-state index contributed by atoms with van der Waals surface area (Å²) in [5.41, 5.74) is 4.85. The Kier molecular flexibility index (Phi) is 15.1. The molecule has 5 heteroatoms. The Balaban J connectivity index is 0.000000374. The molecule has 38 heavy (non-hydrogen) atoms. The maximum absolute atomic E-state index is 12.2. The van der Waals surface area contributed by atoms with Crippen LogP contribution >= 0.6 is 0 Å². The van der Waals surface area contributed by atoms with Gasteiger partial charge in [-0.3, -0.25) is 9.59 Å². The number of hydrogen-bond donors (Lipinski definition) is 2. The molecule has 1 aliphatic carbocycles. The molecule has 1 amide bonds. The molecular weight excluding hydrogens is 472 g/mol. The number of aryl methyl sites for hydroxylation is 1. The van der Waals surface area contributed by atoms with Gasteiger partial charge in [-0.15, -0.1) is 0 Å². The number of hydrogen-bond acceptors (Lipinski definition) is 4. The fourth-order valence-corrected chi connectivity index (χ4v) is 4.23. The highest BCUT2D eigenvalue weighted by molar-refractivity contribution is 5.78. The quantitative estimate of drug-likeness (QED) is 0.346. The number of nitrogens with one attached hydrogen (secondary N) is 2. The minimum atomic E-state index is -0.318. The summed E-state index contributed by atoms with van der Waals surface area (Å²) in [6.45, 7) is 19.2. The van der Waals surface area contributed by atoms with Gasteiger partial charge in [0.1, 0.15) is 5.60 Å². The molecule has 2 N–H and O–H groups in total. The zero-order valence-electron chi connectivity index (χ0n) is 24.7. The van der Waals surface area contributed by atoms with Crippen LogP contribution < -0.4 is 10.6 Å². The monoisotopic (exact) mass is 522 g/mol. The first-order valence-corrected chi connectivity index (χ1v) is 13.9. The zero-order chi connectivity index (χ0) is 28.6. The van der Waals surface area contributed by atoms with Crippen LogP contribution in [0.2, 0.25) is 0 Å². The molecule has 0 spiro atoms. The van der Waals surface area contributed by atoms with Crippen molar-refractivity contribution in [2.24, 2.45) is 11.8 Å². The lowest BCUT2D eigenvalue weighted by Crippen LogP contribution is -2.39. The van der Waals surface area contributed by atoms with E-state index in [2.05, 4.69) is 86.0 Å². The smallest absolute Gasteiger partial charge is 0.293 e. The molecule has 0 aromatic heterocycles. The van der Waals surface area contributed by atoms with Crippen LogP contribution in [0.4, 0.5) is 0 Å². The maximum atomic E-state index is 12.2. The second kappa shape index (κ2) is 17.4. The standard InChI is InChI=1S/C20H23NO.C8H17N.C5H10O2/c1-14-7-9-16(10-8-14)11-20(22)21-15(2)19-12-17-5-3-4-6-18(17)13-19;1-4-8(5-2)7-9-6-3;1-5(2,3)7-4-6/h3-10,15,19H,11-13H2,1-2H3,(H,21,22);6,8-9H,3-5,7H2,1-2H3;4H,1-3H3. The molecule has 1 aliphatic rings. The second-order valence-electron chi connectivity index (χ2n) is 11.1. The van der Waals surface area contributed by atoms with E-state index in [4.69, 9.17) is 0 Å². The third-order valence-electron chi connectivity index (χ3n) is 6.77. The largest absolute Gasteiger partial charge is 0.462 e. The minimum absolute atomic E-state index is 0.118. The van der Waals surface area contributed by atoms with Crippen LogP contribution in [-0.4, -0.2) is 30.6 Å². The molecule has 3 rings (SSSR count). The highest BCUT2D eigenvalue weighted by Gasteiger charge is 2.26. The van der Waals surface area contributed by atoms with Gasteiger partial charge in [0.05, 0.1) is 6.42 Å². The Morgan fingerprint density at radius 1 is 1.05 bits per heavy atom. The highest BCUT2D eigenvalue weighted by Crippen LogP contribution is 2.28. The van der Waals surface area contributed by atoms with Gasteiger partial charge in [-0.1, -0.05) is 87.4 Å². The first kappa shape index (κ1) is 32.9. The molecule has 0 saturated carbocycles. The summed E-state index contributed by atoms with van der Waals surface area (Å²) in [6.07, 6.45) is 6.89. The van der Waals surface area contributed by atoms with E-state index in [9.17, 15) is 9.59 Å². The third kappa shape index (κ3) is 13.5. The van der Waals surface area contributed by atoms with Crippen molar-refractivity contribution in [1.82, 2.24) is 10.6 Å². The highest BCUT2D eigenvalue weighted by atomic mass is 16.5. The van der Waals surface area contributed by atoms with Crippen LogP contribution in [0.3, 0.4) is 0 Å². The molecule has 0 saturated heterocycles. The fraction of sp³-hybridized carbons (Fsp3) is 0.515. The summed E-state index contributed by atoms with van der Waals surface area (Å²) in [5.74, 6) is 1.45. The predicted octanol–water partition coefficient (Wildman–Crippen LogP) is 6.57. The topological polar surface area (TPSA) is 67.4 Å². The normalized spacial score (nSPS) is 13.2. The van der Waals surface area contributed by atoms with Crippen molar-refractivity contribution in [2.75, 3.05) is 6.54 Å². The Morgan fingerprint density at radius 3 is 2.03 bits per heavy atom. The van der Waals surface area contributed by atoms with E-state index in [1.165, 1.54) is 29.5 Å². The van der Waals surface area contributed by atoms with Gasteiger partial charge in [0.2, 0.25) is 5.91 Å². The Bertz CT molecular complexity index is 934. The van der Waals surface area contributed by atoms with E-state index in [1.54, 1.807) is 6.20 Å². The first-order chi connectivity index (χ1) is 18.0. The Hall–Kier alpha value is -3.08. The molecular formula is C33H50N2O3. The van der Waals surface area contributed by atoms with Gasteiger partial charge in [-0.2, -0.15) is 0 Å². The molecule has 0 bridgehead atoms. The summed E-state index contributed by atoms with van der Waals surface area (Å²) in [7, 11) is 0. The van der Waals surface area contributed by atoms with Gasteiger partial charge in [0.15, 0.2) is 0 Å². The van der Waals surface area contributed by atoms with Crippen molar-refractivity contribution in [1.29, 1.82) is 0 Å². The van der Waals surface area contributed by atoms with Crippen LogP contribution in [0.25, 0.3) is 0 Å². The van der Waals surface area contributed by atoms with Gasteiger partial charge < -0.3 is 15.4 Å². The van der Waals surface area contributed by atoms with Crippen LogP contribution in [0.15, 0.2) is 61.3 Å². The second-order valence-corrected chi connectivity index (χ2v) is 11.1. The fourth-order valence-electron chi connectivity index (χ4n) is 4.23. The molecule has 0 aliphatic heterocycles. The molecule has 1 unspecified atom stereocenters. The SMILES string of the molecule is C=CNCC(CC)CC.CC(C)(C)OC=O.Cc1ccc(CC(=O)NC(C)C2Cc3ccccc3C2)cc1. The number of carbonyl (C=O) groups is 2. The predicted molar refractivity (Wildman–Crippen MR) is 159 cm³/mol. The van der Waals surface area contributed by atoms with E-state index in [0.29, 0.717) is 18.8 Å². The molecule has 210 valence electrons. The van der Waals surface area contributed by atoms with E-state index in [1.807, 2.05) is 32.9 Å². The number of ether oxygens (including phenoxy) is 1. The van der Waals surface area contributed by atoms with Crippen LogP contribution in [0, 0.1) is 18.8 Å². The lowest BCUT2D eigenvalue weighted by Gasteiger charge is -2.20. The Labute approximate surface area is 231 Å².